The van der Waals surface area contributed by atoms with Gasteiger partial charge in [-0.1, -0.05) is 91.0 Å². The fraction of sp³-hybridized carbons (Fsp3) is 0.0625. The van der Waals surface area contributed by atoms with Crippen molar-refractivity contribution in [2.45, 2.75) is 6.61 Å². The van der Waals surface area contributed by atoms with Gasteiger partial charge in [0.1, 0.15) is 18.1 Å². The topological polar surface area (TPSA) is 61.8 Å². The van der Waals surface area contributed by atoms with E-state index in [4.69, 9.17) is 14.2 Å². The predicted molar refractivity (Wildman–Crippen MR) is 142 cm³/mol. The Kier molecular flexibility index (Phi) is 6.95. The molecule has 0 saturated carbocycles. The number of benzene rings is 4. The lowest BCUT2D eigenvalue weighted by Gasteiger charge is -2.11. The largest absolute Gasteiger partial charge is 0.488 e. The summed E-state index contributed by atoms with van der Waals surface area (Å²) in [5.74, 6) is 0.338. The summed E-state index contributed by atoms with van der Waals surface area (Å²) in [6.45, 7) is 0.304. The average Bonchev–Trinajstić information content (AvgIpc) is 3.28. The number of hydrogen-bond acceptors (Lipinski definition) is 5. The lowest BCUT2D eigenvalue weighted by molar-refractivity contribution is -0.131. The summed E-state index contributed by atoms with van der Waals surface area (Å²) in [6.07, 6.45) is 1.84. The van der Waals surface area contributed by atoms with Crippen molar-refractivity contribution >= 4 is 29.2 Å². The Morgan fingerprint density at radius 3 is 2.00 bits per heavy atom. The molecule has 0 aromatic heterocycles. The molecule has 37 heavy (non-hydrogen) atoms. The van der Waals surface area contributed by atoms with E-state index in [1.165, 1.54) is 7.11 Å². The molecule has 1 heterocycles. The van der Waals surface area contributed by atoms with Gasteiger partial charge in [-0.25, -0.2) is 9.59 Å². The van der Waals surface area contributed by atoms with Crippen LogP contribution < -0.4 is 4.74 Å². The van der Waals surface area contributed by atoms with Crippen LogP contribution in [0.4, 0.5) is 0 Å². The van der Waals surface area contributed by atoms with Gasteiger partial charge in [-0.15, -0.1) is 0 Å². The summed E-state index contributed by atoms with van der Waals surface area (Å²) in [6, 6.07) is 33.9. The molecule has 0 aliphatic carbocycles. The van der Waals surface area contributed by atoms with Crippen molar-refractivity contribution in [3.8, 4) is 5.75 Å². The highest BCUT2D eigenvalue weighted by Crippen LogP contribution is 2.41. The molecule has 0 bridgehead atoms. The first-order valence-electron chi connectivity index (χ1n) is 11.8. The number of hydrogen-bond donors (Lipinski definition) is 0. The second-order valence-electron chi connectivity index (χ2n) is 8.40. The zero-order valence-electron chi connectivity index (χ0n) is 20.2. The zero-order chi connectivity index (χ0) is 25.6. The Balaban J connectivity index is 1.48. The van der Waals surface area contributed by atoms with Gasteiger partial charge < -0.3 is 14.2 Å². The fourth-order valence-corrected chi connectivity index (χ4v) is 4.18. The van der Waals surface area contributed by atoms with Gasteiger partial charge >= 0.3 is 11.9 Å². The van der Waals surface area contributed by atoms with E-state index in [9.17, 15) is 9.59 Å². The molecule has 0 unspecified atom stereocenters. The summed E-state index contributed by atoms with van der Waals surface area (Å²) < 4.78 is 16.7. The third-order valence-electron chi connectivity index (χ3n) is 6.00. The van der Waals surface area contributed by atoms with Crippen LogP contribution in [0.25, 0.3) is 17.2 Å². The standard InChI is InChI=1S/C32H24O5/c1-35-31(33)25-18-16-22(17-19-25)21-36-27-15-9-8-14-26(27)20-28-29(23-10-4-2-5-11-23)30(32(34)37-28)24-12-6-3-7-13-24/h2-20H,21H2,1H3/b28-20-. The number of carbonyl (C=O) groups excluding carboxylic acids is 2. The molecule has 1 aliphatic heterocycles. The molecule has 0 N–H and O–H groups in total. The van der Waals surface area contributed by atoms with Crippen LogP contribution in [-0.2, 0) is 20.9 Å². The van der Waals surface area contributed by atoms with Gasteiger partial charge in [0.15, 0.2) is 0 Å². The number of cyclic esters (lactones) is 1. The van der Waals surface area contributed by atoms with Gasteiger partial charge in [0, 0.05) is 11.1 Å². The molecule has 5 rings (SSSR count). The molecule has 4 aromatic carbocycles. The second-order valence-corrected chi connectivity index (χ2v) is 8.40. The quantitative estimate of drug-likeness (QED) is 0.276. The SMILES string of the molecule is COC(=O)c1ccc(COc2ccccc2/C=C2\OC(=O)C(c3ccccc3)=C2c2ccccc2)cc1. The Hall–Kier alpha value is -4.90. The lowest BCUT2D eigenvalue weighted by atomic mass is 9.94. The number of rotatable bonds is 7. The second kappa shape index (κ2) is 10.8. The number of ether oxygens (including phenoxy) is 3. The smallest absolute Gasteiger partial charge is 0.344 e. The Labute approximate surface area is 215 Å². The van der Waals surface area contributed by atoms with Gasteiger partial charge in [-0.2, -0.15) is 0 Å². The van der Waals surface area contributed by atoms with Crippen molar-refractivity contribution in [2.24, 2.45) is 0 Å². The molecule has 0 radical (unpaired) electrons. The highest BCUT2D eigenvalue weighted by atomic mass is 16.5. The Morgan fingerprint density at radius 2 is 1.35 bits per heavy atom. The van der Waals surface area contributed by atoms with E-state index in [-0.39, 0.29) is 11.9 Å². The van der Waals surface area contributed by atoms with E-state index in [0.717, 1.165) is 27.8 Å². The molecular formula is C32H24O5. The molecule has 0 saturated heterocycles. The average molecular weight is 489 g/mol. The Morgan fingerprint density at radius 1 is 0.757 bits per heavy atom. The van der Waals surface area contributed by atoms with Crippen molar-refractivity contribution in [3.05, 3.63) is 143 Å². The first-order valence-corrected chi connectivity index (χ1v) is 11.8. The third-order valence-corrected chi connectivity index (χ3v) is 6.00. The molecule has 182 valence electrons. The van der Waals surface area contributed by atoms with Crippen LogP contribution >= 0.6 is 0 Å². The highest BCUT2D eigenvalue weighted by molar-refractivity contribution is 6.31. The predicted octanol–water partition coefficient (Wildman–Crippen LogP) is 6.56. The Bertz CT molecular complexity index is 1480. The van der Waals surface area contributed by atoms with E-state index < -0.39 is 0 Å². The monoisotopic (exact) mass is 488 g/mol. The van der Waals surface area contributed by atoms with Crippen molar-refractivity contribution in [1.29, 1.82) is 0 Å². The molecule has 4 aromatic rings. The minimum atomic E-state index is -0.389. The van der Waals surface area contributed by atoms with Crippen LogP contribution in [0, 0.1) is 0 Å². The van der Waals surface area contributed by atoms with E-state index >= 15 is 0 Å². The number of allylic oxidation sites excluding steroid dienone is 1. The molecule has 0 fully saturated rings. The summed E-state index contributed by atoms with van der Waals surface area (Å²) in [7, 11) is 1.35. The normalized spacial score (nSPS) is 14.0. The summed E-state index contributed by atoms with van der Waals surface area (Å²) in [5, 5.41) is 0. The van der Waals surface area contributed by atoms with Gasteiger partial charge in [0.05, 0.1) is 18.2 Å². The van der Waals surface area contributed by atoms with Gasteiger partial charge in [-0.3, -0.25) is 0 Å². The van der Waals surface area contributed by atoms with Crippen LogP contribution in [-0.4, -0.2) is 19.0 Å². The van der Waals surface area contributed by atoms with E-state index in [1.54, 1.807) is 12.1 Å². The minimum Gasteiger partial charge on any atom is -0.488 e. The maximum Gasteiger partial charge on any atom is 0.344 e. The maximum absolute atomic E-state index is 13.1. The number of para-hydroxylation sites is 1. The first-order chi connectivity index (χ1) is 18.1. The van der Waals surface area contributed by atoms with Gasteiger partial charge in [0.2, 0.25) is 0 Å². The summed E-state index contributed by atoms with van der Waals surface area (Å²) in [5.41, 5.74) is 5.12. The summed E-state index contributed by atoms with van der Waals surface area (Å²) in [4.78, 5) is 24.7. The van der Waals surface area contributed by atoms with E-state index in [1.807, 2.05) is 103 Å². The van der Waals surface area contributed by atoms with Crippen LogP contribution in [0.5, 0.6) is 5.75 Å². The van der Waals surface area contributed by atoms with Crippen LogP contribution in [0.15, 0.2) is 115 Å². The lowest BCUT2D eigenvalue weighted by Crippen LogP contribution is -2.02. The van der Waals surface area contributed by atoms with Crippen LogP contribution in [0.2, 0.25) is 0 Å². The van der Waals surface area contributed by atoms with Crippen molar-refractivity contribution in [2.75, 3.05) is 7.11 Å². The van der Waals surface area contributed by atoms with Gasteiger partial charge in [-0.05, 0) is 41.0 Å². The van der Waals surface area contributed by atoms with Gasteiger partial charge in [0.25, 0.3) is 0 Å². The molecule has 5 nitrogen and oxygen atoms in total. The number of carbonyl (C=O) groups is 2. The number of esters is 2. The highest BCUT2D eigenvalue weighted by Gasteiger charge is 2.32. The molecular weight excluding hydrogens is 464 g/mol. The maximum atomic E-state index is 13.1. The number of methoxy groups -OCH3 is 1. The minimum absolute atomic E-state index is 0.304. The van der Waals surface area contributed by atoms with Crippen molar-refractivity contribution in [1.82, 2.24) is 0 Å². The van der Waals surface area contributed by atoms with E-state index in [0.29, 0.717) is 29.3 Å². The van der Waals surface area contributed by atoms with Crippen molar-refractivity contribution in [3.63, 3.8) is 0 Å². The first kappa shape index (κ1) is 23.8. The van der Waals surface area contributed by atoms with Crippen molar-refractivity contribution < 1.29 is 23.8 Å². The van der Waals surface area contributed by atoms with E-state index in [2.05, 4.69) is 0 Å². The molecule has 5 heteroatoms. The fourth-order valence-electron chi connectivity index (χ4n) is 4.18. The third kappa shape index (κ3) is 5.21. The molecule has 0 amide bonds. The molecule has 0 spiro atoms. The van der Waals surface area contributed by atoms with Crippen LogP contribution in [0.3, 0.4) is 0 Å². The van der Waals surface area contributed by atoms with Crippen LogP contribution in [0.1, 0.15) is 32.6 Å². The molecule has 1 aliphatic rings. The molecule has 0 atom stereocenters. The summed E-state index contributed by atoms with van der Waals surface area (Å²) >= 11 is 0. The zero-order valence-corrected chi connectivity index (χ0v) is 20.2.